The van der Waals surface area contributed by atoms with E-state index in [1.165, 1.54) is 0 Å². The number of para-hydroxylation sites is 1. The number of nitrogens with one attached hydrogen (secondary N) is 1. The van der Waals surface area contributed by atoms with E-state index in [0.717, 1.165) is 59.1 Å². The summed E-state index contributed by atoms with van der Waals surface area (Å²) in [5.41, 5.74) is 5.21. The fourth-order valence-electron chi connectivity index (χ4n) is 3.36. The second kappa shape index (κ2) is 7.77. The first-order chi connectivity index (χ1) is 13.1. The van der Waals surface area contributed by atoms with Crippen LogP contribution in [0, 0.1) is 0 Å². The van der Waals surface area contributed by atoms with Crippen LogP contribution in [0.2, 0.25) is 5.02 Å². The number of fused-ring (bicyclic) bond motifs is 5. The first kappa shape index (κ1) is 18.1. The Morgan fingerprint density at radius 3 is 2.67 bits per heavy atom. The molecule has 0 bridgehead atoms. The highest BCUT2D eigenvalue weighted by Gasteiger charge is 2.23. The van der Waals surface area contributed by atoms with Gasteiger partial charge in [-0.3, -0.25) is 0 Å². The van der Waals surface area contributed by atoms with Crippen LogP contribution in [-0.4, -0.2) is 37.1 Å². The monoisotopic (exact) mass is 382 g/mol. The highest BCUT2D eigenvalue weighted by Crippen LogP contribution is 2.47. The number of nitrogens with zero attached hydrogens (tertiary/aromatic N) is 1. The van der Waals surface area contributed by atoms with Gasteiger partial charge in [0, 0.05) is 34.0 Å². The van der Waals surface area contributed by atoms with Crippen molar-refractivity contribution in [1.82, 2.24) is 9.88 Å². The van der Waals surface area contributed by atoms with Gasteiger partial charge in [0.1, 0.15) is 11.5 Å². The number of halogens is 1. The molecule has 2 heterocycles. The molecule has 3 aromatic rings. The van der Waals surface area contributed by atoms with Crippen molar-refractivity contribution >= 4 is 11.6 Å². The third kappa shape index (κ3) is 3.88. The van der Waals surface area contributed by atoms with E-state index in [1.54, 1.807) is 0 Å². The van der Waals surface area contributed by atoms with Crippen molar-refractivity contribution in [3.8, 4) is 33.9 Å². The van der Waals surface area contributed by atoms with Crippen molar-refractivity contribution in [1.29, 1.82) is 0 Å². The van der Waals surface area contributed by atoms with E-state index in [1.807, 2.05) is 36.4 Å². The molecule has 2 aromatic carbocycles. The lowest BCUT2D eigenvalue weighted by atomic mass is 10.0. The average molecular weight is 383 g/mol. The summed E-state index contributed by atoms with van der Waals surface area (Å²) < 4.78 is 12.0. The summed E-state index contributed by atoms with van der Waals surface area (Å²) in [4.78, 5) is 5.69. The highest BCUT2D eigenvalue weighted by atomic mass is 35.5. The number of rotatable bonds is 6. The SMILES string of the molecule is CN(C)CCCOCc1cc2c([nH]1)-c1cc(Cl)ccc1Oc1ccccc1-2. The Bertz CT molecular complexity index is 949. The lowest BCUT2D eigenvalue weighted by Crippen LogP contribution is -2.14. The maximum absolute atomic E-state index is 6.26. The van der Waals surface area contributed by atoms with Gasteiger partial charge in [-0.1, -0.05) is 29.8 Å². The largest absolute Gasteiger partial charge is 0.456 e. The first-order valence-electron chi connectivity index (χ1n) is 9.13. The summed E-state index contributed by atoms with van der Waals surface area (Å²) >= 11 is 6.26. The van der Waals surface area contributed by atoms with Gasteiger partial charge < -0.3 is 19.4 Å². The summed E-state index contributed by atoms with van der Waals surface area (Å²) in [5, 5.41) is 0.686. The van der Waals surface area contributed by atoms with Gasteiger partial charge in [0.25, 0.3) is 0 Å². The van der Waals surface area contributed by atoms with E-state index in [0.29, 0.717) is 11.6 Å². The highest BCUT2D eigenvalue weighted by molar-refractivity contribution is 6.31. The van der Waals surface area contributed by atoms with Gasteiger partial charge in [-0.2, -0.15) is 0 Å². The summed E-state index contributed by atoms with van der Waals surface area (Å²) in [6, 6.07) is 16.0. The zero-order valence-corrected chi connectivity index (χ0v) is 16.3. The van der Waals surface area contributed by atoms with Crippen molar-refractivity contribution in [2.45, 2.75) is 13.0 Å². The minimum Gasteiger partial charge on any atom is -0.456 e. The third-order valence-corrected chi connectivity index (χ3v) is 4.87. The van der Waals surface area contributed by atoms with Gasteiger partial charge in [0.05, 0.1) is 12.3 Å². The zero-order valence-electron chi connectivity index (χ0n) is 15.6. The van der Waals surface area contributed by atoms with Crippen LogP contribution < -0.4 is 4.74 Å². The zero-order chi connectivity index (χ0) is 18.8. The van der Waals surface area contributed by atoms with Crippen LogP contribution in [0.5, 0.6) is 11.5 Å². The Morgan fingerprint density at radius 2 is 1.81 bits per heavy atom. The maximum Gasteiger partial charge on any atom is 0.136 e. The molecule has 0 atom stereocenters. The Morgan fingerprint density at radius 1 is 1.00 bits per heavy atom. The molecule has 0 spiro atoms. The molecule has 4 rings (SSSR count). The Labute approximate surface area is 164 Å². The molecule has 0 saturated carbocycles. The summed E-state index contributed by atoms with van der Waals surface area (Å²) in [5.74, 6) is 1.64. The second-order valence-corrected chi connectivity index (χ2v) is 7.47. The van der Waals surface area contributed by atoms with Crippen LogP contribution in [-0.2, 0) is 11.3 Å². The summed E-state index contributed by atoms with van der Waals surface area (Å²) in [7, 11) is 4.15. The summed E-state index contributed by atoms with van der Waals surface area (Å²) in [6.45, 7) is 2.32. The molecule has 1 aliphatic rings. The van der Waals surface area contributed by atoms with Gasteiger partial charge in [-0.15, -0.1) is 0 Å². The molecule has 140 valence electrons. The maximum atomic E-state index is 6.26. The average Bonchev–Trinajstić information content (AvgIpc) is 3.02. The Kier molecular flexibility index (Phi) is 5.21. The van der Waals surface area contributed by atoms with Gasteiger partial charge in [-0.25, -0.2) is 0 Å². The minimum atomic E-state index is 0.555. The molecule has 0 fully saturated rings. The van der Waals surface area contributed by atoms with E-state index in [4.69, 9.17) is 21.1 Å². The lowest BCUT2D eigenvalue weighted by molar-refractivity contribution is 0.111. The normalized spacial score (nSPS) is 12.1. The predicted octanol–water partition coefficient (Wildman–Crippen LogP) is 5.58. The van der Waals surface area contributed by atoms with Gasteiger partial charge in [0.2, 0.25) is 0 Å². The topological polar surface area (TPSA) is 37.5 Å². The van der Waals surface area contributed by atoms with Gasteiger partial charge in [0.15, 0.2) is 0 Å². The van der Waals surface area contributed by atoms with Crippen LogP contribution >= 0.6 is 11.6 Å². The fourth-order valence-corrected chi connectivity index (χ4v) is 3.53. The van der Waals surface area contributed by atoms with Gasteiger partial charge >= 0.3 is 0 Å². The standard InChI is InChI=1S/C22H23ClN2O2/c1-25(2)10-5-11-26-14-16-13-18-17-6-3-4-7-20(17)27-21-9-8-15(23)12-19(21)22(18)24-16/h3-4,6-9,12-13,24H,5,10-11,14H2,1-2H3. The molecule has 0 aliphatic carbocycles. The Hall–Kier alpha value is -2.27. The van der Waals surface area contributed by atoms with Crippen molar-refractivity contribution < 1.29 is 9.47 Å². The second-order valence-electron chi connectivity index (χ2n) is 7.03. The number of benzene rings is 2. The molecule has 0 amide bonds. The van der Waals surface area contributed by atoms with Crippen LogP contribution in [0.25, 0.3) is 22.4 Å². The summed E-state index contributed by atoms with van der Waals surface area (Å²) in [6.07, 6.45) is 1.02. The quantitative estimate of drug-likeness (QED) is 0.442. The molecule has 1 N–H and O–H groups in total. The smallest absolute Gasteiger partial charge is 0.136 e. The minimum absolute atomic E-state index is 0.555. The third-order valence-electron chi connectivity index (χ3n) is 4.63. The number of H-pyrrole nitrogens is 1. The number of ether oxygens (including phenoxy) is 2. The van der Waals surface area contributed by atoms with Crippen molar-refractivity contribution in [2.24, 2.45) is 0 Å². The molecule has 1 aromatic heterocycles. The molecular formula is C22H23ClN2O2. The van der Waals surface area contributed by atoms with Gasteiger partial charge in [-0.05, 0) is 57.4 Å². The first-order valence-corrected chi connectivity index (χ1v) is 9.51. The van der Waals surface area contributed by atoms with Crippen LogP contribution in [0.1, 0.15) is 12.1 Å². The predicted molar refractivity (Wildman–Crippen MR) is 110 cm³/mol. The molecule has 4 nitrogen and oxygen atoms in total. The molecule has 0 radical (unpaired) electrons. The van der Waals surface area contributed by atoms with E-state index in [-0.39, 0.29) is 0 Å². The van der Waals surface area contributed by atoms with Crippen molar-refractivity contribution in [2.75, 3.05) is 27.2 Å². The molecule has 0 unspecified atom stereocenters. The number of hydrogen-bond donors (Lipinski definition) is 1. The van der Waals surface area contributed by atoms with Crippen LogP contribution in [0.15, 0.2) is 48.5 Å². The van der Waals surface area contributed by atoms with Crippen molar-refractivity contribution in [3.05, 3.63) is 59.2 Å². The van der Waals surface area contributed by atoms with E-state index in [2.05, 4.69) is 36.1 Å². The van der Waals surface area contributed by atoms with Crippen LogP contribution in [0.4, 0.5) is 0 Å². The molecular weight excluding hydrogens is 360 g/mol. The molecule has 1 aliphatic heterocycles. The molecule has 27 heavy (non-hydrogen) atoms. The van der Waals surface area contributed by atoms with E-state index >= 15 is 0 Å². The van der Waals surface area contributed by atoms with E-state index in [9.17, 15) is 0 Å². The number of aromatic nitrogens is 1. The number of aromatic amines is 1. The van der Waals surface area contributed by atoms with E-state index < -0.39 is 0 Å². The molecule has 0 saturated heterocycles. The van der Waals surface area contributed by atoms with Crippen molar-refractivity contribution in [3.63, 3.8) is 0 Å². The lowest BCUT2D eigenvalue weighted by Gasteiger charge is -2.10. The Balaban J connectivity index is 1.65. The number of hydrogen-bond acceptors (Lipinski definition) is 3. The van der Waals surface area contributed by atoms with Crippen LogP contribution in [0.3, 0.4) is 0 Å². The molecule has 5 heteroatoms. The fraction of sp³-hybridized carbons (Fsp3) is 0.273.